The van der Waals surface area contributed by atoms with E-state index >= 15 is 0 Å². The van der Waals surface area contributed by atoms with Crippen molar-refractivity contribution in [2.24, 2.45) is 0 Å². The summed E-state index contributed by atoms with van der Waals surface area (Å²) in [5.41, 5.74) is 4.60. The molecule has 0 bridgehead atoms. The number of carbonyl (C=O) groups excluding carboxylic acids is 1. The van der Waals surface area contributed by atoms with E-state index in [1.807, 2.05) is 0 Å². The van der Waals surface area contributed by atoms with E-state index in [0.29, 0.717) is 29.1 Å². The quantitative estimate of drug-likeness (QED) is 0.807. The van der Waals surface area contributed by atoms with Crippen molar-refractivity contribution in [2.75, 3.05) is 5.32 Å². The molecule has 2 aromatic rings. The smallest absolute Gasteiger partial charge is 0.263 e. The molecule has 0 saturated carbocycles. The molecule has 0 saturated heterocycles. The van der Waals surface area contributed by atoms with Gasteiger partial charge >= 0.3 is 0 Å². The van der Waals surface area contributed by atoms with Gasteiger partial charge in [0.1, 0.15) is 10.7 Å². The zero-order valence-corrected chi connectivity index (χ0v) is 13.6. The first-order valence-corrected chi connectivity index (χ1v) is 8.58. The molecule has 24 heavy (non-hydrogen) atoms. The van der Waals surface area contributed by atoms with Crippen LogP contribution in [0, 0.1) is 0 Å². The van der Waals surface area contributed by atoms with Crippen molar-refractivity contribution < 1.29 is 13.2 Å². The van der Waals surface area contributed by atoms with Crippen molar-refractivity contribution in [2.45, 2.75) is 18.2 Å². The second-order valence-electron chi connectivity index (χ2n) is 5.16. The van der Waals surface area contributed by atoms with Gasteiger partial charge < -0.3 is 5.32 Å². The van der Waals surface area contributed by atoms with Crippen molar-refractivity contribution in [3.8, 4) is 11.1 Å². The van der Waals surface area contributed by atoms with Crippen LogP contribution in [0.3, 0.4) is 0 Å². The first-order chi connectivity index (χ1) is 11.4. The average Bonchev–Trinajstić information content (AvgIpc) is 2.51. The van der Waals surface area contributed by atoms with E-state index in [-0.39, 0.29) is 10.8 Å². The molecule has 0 aromatic carbocycles. The van der Waals surface area contributed by atoms with E-state index in [9.17, 15) is 13.2 Å². The largest absolute Gasteiger partial charge is 0.311 e. The molecule has 2 heterocycles. The SMILES string of the molecule is CC(=O)Nc1cc(-c2cncc(S(=O)(=O)NC3=C=CC3)c2)ccn1. The highest BCUT2D eigenvalue weighted by molar-refractivity contribution is 7.89. The normalized spacial score (nSPS) is 13.0. The number of nitrogens with one attached hydrogen (secondary N) is 2. The molecule has 0 aliphatic heterocycles. The molecule has 7 nitrogen and oxygen atoms in total. The number of sulfonamides is 1. The van der Waals surface area contributed by atoms with Crippen LogP contribution in [0.1, 0.15) is 13.3 Å². The van der Waals surface area contributed by atoms with Crippen molar-refractivity contribution >= 4 is 21.7 Å². The molecule has 0 radical (unpaired) electrons. The summed E-state index contributed by atoms with van der Waals surface area (Å²) in [6.07, 6.45) is 6.66. The molecule has 0 spiro atoms. The lowest BCUT2D eigenvalue weighted by atomic mass is 10.1. The summed E-state index contributed by atoms with van der Waals surface area (Å²) in [4.78, 5) is 19.2. The van der Waals surface area contributed by atoms with E-state index in [4.69, 9.17) is 0 Å². The fourth-order valence-corrected chi connectivity index (χ4v) is 3.15. The Morgan fingerprint density at radius 3 is 2.71 bits per heavy atom. The summed E-state index contributed by atoms with van der Waals surface area (Å²) in [7, 11) is -3.70. The zero-order valence-electron chi connectivity index (χ0n) is 12.8. The van der Waals surface area contributed by atoms with Crippen LogP contribution in [-0.2, 0) is 14.8 Å². The maximum Gasteiger partial charge on any atom is 0.263 e. The van der Waals surface area contributed by atoms with Gasteiger partial charge in [-0.15, -0.1) is 5.73 Å². The molecule has 8 heteroatoms. The van der Waals surface area contributed by atoms with Crippen LogP contribution in [0.25, 0.3) is 11.1 Å². The number of rotatable bonds is 5. The van der Waals surface area contributed by atoms with E-state index in [1.165, 1.54) is 25.4 Å². The Morgan fingerprint density at radius 2 is 2.04 bits per heavy atom. The summed E-state index contributed by atoms with van der Waals surface area (Å²) in [6, 6.07) is 4.88. The minimum Gasteiger partial charge on any atom is -0.311 e. The van der Waals surface area contributed by atoms with Crippen molar-refractivity contribution in [1.29, 1.82) is 0 Å². The molecule has 1 amide bonds. The zero-order chi connectivity index (χ0) is 17.2. The first kappa shape index (κ1) is 15.9. The minimum atomic E-state index is -3.70. The highest BCUT2D eigenvalue weighted by Gasteiger charge is 2.18. The van der Waals surface area contributed by atoms with Crippen molar-refractivity contribution in [3.63, 3.8) is 0 Å². The molecule has 1 aliphatic carbocycles. The first-order valence-electron chi connectivity index (χ1n) is 7.10. The maximum absolute atomic E-state index is 12.3. The van der Waals surface area contributed by atoms with Crippen LogP contribution in [0.4, 0.5) is 5.82 Å². The summed E-state index contributed by atoms with van der Waals surface area (Å²) < 4.78 is 27.1. The molecule has 0 fully saturated rings. The van der Waals surface area contributed by atoms with Gasteiger partial charge in [-0.25, -0.2) is 13.4 Å². The third-order valence-corrected chi connectivity index (χ3v) is 4.62. The van der Waals surface area contributed by atoms with Crippen LogP contribution in [0.5, 0.6) is 0 Å². The van der Waals surface area contributed by atoms with E-state index < -0.39 is 10.0 Å². The number of aromatic nitrogens is 2. The number of anilines is 1. The highest BCUT2D eigenvalue weighted by Crippen LogP contribution is 2.23. The Balaban J connectivity index is 1.93. The second-order valence-corrected chi connectivity index (χ2v) is 6.84. The molecular formula is C16H14N4O3S. The Kier molecular flexibility index (Phi) is 4.16. The Bertz CT molecular complexity index is 976. The molecule has 2 N–H and O–H groups in total. The second kappa shape index (κ2) is 6.27. The lowest BCUT2D eigenvalue weighted by Gasteiger charge is -2.12. The molecule has 3 rings (SSSR count). The van der Waals surface area contributed by atoms with E-state index in [1.54, 1.807) is 24.4 Å². The summed E-state index contributed by atoms with van der Waals surface area (Å²) in [5, 5.41) is 2.58. The minimum absolute atomic E-state index is 0.0547. The van der Waals surface area contributed by atoms with Crippen LogP contribution in [0.15, 0.2) is 59.2 Å². The van der Waals surface area contributed by atoms with Gasteiger partial charge in [0.25, 0.3) is 10.0 Å². The fourth-order valence-electron chi connectivity index (χ4n) is 2.08. The van der Waals surface area contributed by atoms with E-state index in [0.717, 1.165) is 0 Å². The molecular weight excluding hydrogens is 328 g/mol. The van der Waals surface area contributed by atoms with Crippen LogP contribution >= 0.6 is 0 Å². The molecule has 122 valence electrons. The number of nitrogens with zero attached hydrogens (tertiary/aromatic N) is 2. The Labute approximate surface area is 139 Å². The Hall–Kier alpha value is -2.96. The summed E-state index contributed by atoms with van der Waals surface area (Å²) >= 11 is 0. The molecule has 2 aromatic heterocycles. The third-order valence-electron chi connectivity index (χ3n) is 3.26. The average molecular weight is 342 g/mol. The van der Waals surface area contributed by atoms with Crippen LogP contribution in [0.2, 0.25) is 0 Å². The topological polar surface area (TPSA) is 101 Å². The number of hydrogen-bond donors (Lipinski definition) is 2. The number of hydrogen-bond acceptors (Lipinski definition) is 5. The number of amides is 1. The van der Waals surface area contributed by atoms with Crippen molar-refractivity contribution in [1.82, 2.24) is 14.7 Å². The van der Waals surface area contributed by atoms with Crippen LogP contribution < -0.4 is 10.0 Å². The lowest BCUT2D eigenvalue weighted by Crippen LogP contribution is -2.24. The van der Waals surface area contributed by atoms with Gasteiger partial charge in [-0.3, -0.25) is 14.5 Å². The third kappa shape index (κ3) is 3.51. The summed E-state index contributed by atoms with van der Waals surface area (Å²) in [5.74, 6) is 0.149. The van der Waals surface area contributed by atoms with Gasteiger partial charge in [0.2, 0.25) is 5.91 Å². The van der Waals surface area contributed by atoms with Gasteiger partial charge in [-0.05, 0) is 29.8 Å². The van der Waals surface area contributed by atoms with Gasteiger partial charge in [0.15, 0.2) is 0 Å². The predicted octanol–water partition coefficient (Wildman–Crippen LogP) is 1.82. The lowest BCUT2D eigenvalue weighted by molar-refractivity contribution is -0.114. The van der Waals surface area contributed by atoms with Gasteiger partial charge in [-0.1, -0.05) is 0 Å². The van der Waals surface area contributed by atoms with E-state index in [2.05, 4.69) is 25.7 Å². The fraction of sp³-hybridized carbons (Fsp3) is 0.125. The van der Waals surface area contributed by atoms with Gasteiger partial charge in [0.05, 0.1) is 5.70 Å². The standard InChI is InChI=1S/C16H14N4O3S/c1-11(21)19-16-8-12(5-6-18-16)13-7-15(10-17-9-13)24(22,23)20-14-3-2-4-14/h2,5-10,20H,3H2,1H3,(H,18,19,21). The highest BCUT2D eigenvalue weighted by atomic mass is 32.2. The number of carbonyl (C=O) groups is 1. The molecule has 1 aliphatic rings. The maximum atomic E-state index is 12.3. The summed E-state index contributed by atoms with van der Waals surface area (Å²) in [6.45, 7) is 1.39. The predicted molar refractivity (Wildman–Crippen MR) is 88.3 cm³/mol. The Morgan fingerprint density at radius 1 is 1.25 bits per heavy atom. The monoisotopic (exact) mass is 342 g/mol. The number of pyridine rings is 2. The molecule has 0 unspecified atom stereocenters. The van der Waals surface area contributed by atoms with Gasteiger partial charge in [-0.2, -0.15) is 0 Å². The van der Waals surface area contributed by atoms with Crippen LogP contribution in [-0.4, -0.2) is 24.3 Å². The van der Waals surface area contributed by atoms with Gasteiger partial charge in [0, 0.05) is 37.5 Å². The molecule has 0 atom stereocenters. The van der Waals surface area contributed by atoms with Crippen molar-refractivity contribution in [3.05, 3.63) is 54.3 Å².